The summed E-state index contributed by atoms with van der Waals surface area (Å²) < 4.78 is 0. The molecular weight excluding hydrogens is 332 g/mol. The van der Waals surface area contributed by atoms with Crippen LogP contribution in [0.25, 0.3) is 0 Å². The molecule has 2 saturated heterocycles. The zero-order valence-corrected chi connectivity index (χ0v) is 17.7. The van der Waals surface area contributed by atoms with Crippen molar-refractivity contribution in [2.24, 2.45) is 22.7 Å². The van der Waals surface area contributed by atoms with Gasteiger partial charge in [-0.2, -0.15) is 0 Å². The normalized spacial score (nSPS) is 40.5. The molecule has 0 radical (unpaired) electrons. The van der Waals surface area contributed by atoms with Crippen LogP contribution in [0.2, 0.25) is 0 Å². The van der Waals surface area contributed by atoms with Gasteiger partial charge in [-0.25, -0.2) is 0 Å². The summed E-state index contributed by atoms with van der Waals surface area (Å²) in [5.41, 5.74) is 1.38. The summed E-state index contributed by atoms with van der Waals surface area (Å²) in [5.74, 6) is 1.86. The number of carbonyl (C=O) groups excluding carboxylic acids is 1. The lowest BCUT2D eigenvalue weighted by molar-refractivity contribution is -0.128. The van der Waals surface area contributed by atoms with Crippen molar-refractivity contribution < 1.29 is 4.79 Å². The van der Waals surface area contributed by atoms with Crippen molar-refractivity contribution in [1.82, 2.24) is 9.80 Å². The molecule has 0 aromatic carbocycles. The third kappa shape index (κ3) is 3.31. The summed E-state index contributed by atoms with van der Waals surface area (Å²) in [4.78, 5) is 17.3. The highest BCUT2D eigenvalue weighted by Crippen LogP contribution is 2.56. The minimum Gasteiger partial charge on any atom is -0.300 e. The summed E-state index contributed by atoms with van der Waals surface area (Å²) in [6, 6.07) is 1.74. The maximum Gasteiger partial charge on any atom is 0.132 e. The fourth-order valence-corrected chi connectivity index (χ4v) is 7.64. The molecule has 2 spiro atoms. The summed E-state index contributed by atoms with van der Waals surface area (Å²) >= 11 is 0. The van der Waals surface area contributed by atoms with Gasteiger partial charge in [0.25, 0.3) is 0 Å². The largest absolute Gasteiger partial charge is 0.300 e. The lowest BCUT2D eigenvalue weighted by Gasteiger charge is -2.62. The van der Waals surface area contributed by atoms with Crippen molar-refractivity contribution in [3.63, 3.8) is 0 Å². The Morgan fingerprint density at radius 2 is 1.48 bits per heavy atom. The van der Waals surface area contributed by atoms with Gasteiger partial charge in [-0.1, -0.05) is 13.3 Å². The zero-order chi connectivity index (χ0) is 18.6. The molecule has 5 rings (SSSR count). The number of likely N-dealkylation sites (tertiary alicyclic amines) is 2. The Hall–Kier alpha value is -0.410. The maximum atomic E-state index is 11.6. The van der Waals surface area contributed by atoms with E-state index >= 15 is 0 Å². The number of hydrogen-bond donors (Lipinski definition) is 0. The molecule has 3 nitrogen and oxygen atoms in total. The molecule has 0 atom stereocenters. The average Bonchev–Trinajstić information content (AvgIpc) is 2.58. The van der Waals surface area contributed by atoms with Crippen molar-refractivity contribution in [3.05, 3.63) is 0 Å². The Balaban J connectivity index is 1.03. The van der Waals surface area contributed by atoms with E-state index in [9.17, 15) is 4.79 Å². The summed E-state index contributed by atoms with van der Waals surface area (Å²) in [6.45, 7) is 9.66. The van der Waals surface area contributed by atoms with Crippen molar-refractivity contribution in [1.29, 1.82) is 0 Å². The first-order valence-electron chi connectivity index (χ1n) is 12.0. The standard InChI is InChI=1S/C24H40N2O/c1-3-19-12-24(13-19)16-26(17-24)21-6-10-25(11-7-21)22-14-23(15-22)8-4-20(5-9-23)18(2)27/h19-22H,3-17H2,1-2H3/t20-,22-,23?. The first kappa shape index (κ1) is 18.6. The van der Waals surface area contributed by atoms with Crippen LogP contribution in [0.15, 0.2) is 0 Å². The second-order valence-corrected chi connectivity index (χ2v) is 11.3. The molecule has 152 valence electrons. The second-order valence-electron chi connectivity index (χ2n) is 11.3. The second kappa shape index (κ2) is 6.83. The van der Waals surface area contributed by atoms with E-state index in [4.69, 9.17) is 0 Å². The predicted molar refractivity (Wildman–Crippen MR) is 110 cm³/mol. The van der Waals surface area contributed by atoms with E-state index in [1.807, 2.05) is 0 Å². The lowest BCUT2D eigenvalue weighted by Crippen LogP contribution is -2.66. The van der Waals surface area contributed by atoms with Crippen LogP contribution in [0, 0.1) is 22.7 Å². The fraction of sp³-hybridized carbons (Fsp3) is 0.958. The molecule has 3 saturated carbocycles. The summed E-state index contributed by atoms with van der Waals surface area (Å²) in [7, 11) is 0. The summed E-state index contributed by atoms with van der Waals surface area (Å²) in [6.07, 6.45) is 15.1. The van der Waals surface area contributed by atoms with Crippen LogP contribution in [0.4, 0.5) is 0 Å². The van der Waals surface area contributed by atoms with Gasteiger partial charge < -0.3 is 4.90 Å². The number of ketones is 1. The summed E-state index contributed by atoms with van der Waals surface area (Å²) in [5, 5.41) is 0. The Morgan fingerprint density at radius 1 is 0.852 bits per heavy atom. The molecular formula is C24H40N2O. The highest BCUT2D eigenvalue weighted by molar-refractivity contribution is 5.78. The molecule has 0 amide bonds. The van der Waals surface area contributed by atoms with E-state index in [-0.39, 0.29) is 0 Å². The van der Waals surface area contributed by atoms with E-state index in [0.717, 1.165) is 23.4 Å². The van der Waals surface area contributed by atoms with Crippen LogP contribution < -0.4 is 0 Å². The van der Waals surface area contributed by atoms with E-state index in [0.29, 0.717) is 17.1 Å². The van der Waals surface area contributed by atoms with Crippen molar-refractivity contribution >= 4 is 5.78 Å². The van der Waals surface area contributed by atoms with Gasteiger partial charge in [-0.3, -0.25) is 9.69 Å². The molecule has 0 unspecified atom stereocenters. The Labute approximate surface area is 166 Å². The number of nitrogens with zero attached hydrogens (tertiary/aromatic N) is 2. The van der Waals surface area contributed by atoms with Crippen LogP contribution in [-0.2, 0) is 4.79 Å². The molecule has 0 N–H and O–H groups in total. The Bertz CT molecular complexity index is 549. The molecule has 2 aliphatic heterocycles. The lowest BCUT2D eigenvalue weighted by atomic mass is 9.56. The van der Waals surface area contributed by atoms with E-state index in [2.05, 4.69) is 16.7 Å². The SMILES string of the molecule is CCC1CC2(C1)CN(C1CCN([C@H]3CC4(CC[C@H](C(C)=O)CC4)C3)CC1)C2. The van der Waals surface area contributed by atoms with Crippen LogP contribution in [-0.4, -0.2) is 53.8 Å². The quantitative estimate of drug-likeness (QED) is 0.726. The topological polar surface area (TPSA) is 23.6 Å². The van der Waals surface area contributed by atoms with E-state index in [1.165, 1.54) is 96.8 Å². The Morgan fingerprint density at radius 3 is 2.04 bits per heavy atom. The minimum absolute atomic E-state index is 0.383. The average molecular weight is 373 g/mol. The van der Waals surface area contributed by atoms with Gasteiger partial charge in [0, 0.05) is 31.1 Å². The number of piperidine rings is 1. The van der Waals surface area contributed by atoms with Gasteiger partial charge in [0.1, 0.15) is 5.78 Å². The molecule has 5 fully saturated rings. The number of hydrogen-bond acceptors (Lipinski definition) is 3. The molecule has 3 aliphatic carbocycles. The predicted octanol–water partition coefficient (Wildman–Crippen LogP) is 4.50. The monoisotopic (exact) mass is 372 g/mol. The van der Waals surface area contributed by atoms with Crippen molar-refractivity contribution in [3.8, 4) is 0 Å². The molecule has 0 aromatic rings. The van der Waals surface area contributed by atoms with Crippen LogP contribution in [0.5, 0.6) is 0 Å². The first-order chi connectivity index (χ1) is 13.0. The highest BCUT2D eigenvalue weighted by Gasteiger charge is 2.53. The van der Waals surface area contributed by atoms with Gasteiger partial charge >= 0.3 is 0 Å². The number of carbonyl (C=O) groups is 1. The fourth-order valence-electron chi connectivity index (χ4n) is 7.64. The molecule has 0 bridgehead atoms. The zero-order valence-electron chi connectivity index (χ0n) is 17.7. The van der Waals surface area contributed by atoms with Gasteiger partial charge in [-0.15, -0.1) is 0 Å². The van der Waals surface area contributed by atoms with Gasteiger partial charge in [-0.05, 0) is 101 Å². The van der Waals surface area contributed by atoms with E-state index in [1.54, 1.807) is 6.92 Å². The van der Waals surface area contributed by atoms with Gasteiger partial charge in [0.05, 0.1) is 0 Å². The molecule has 0 aromatic heterocycles. The third-order valence-corrected chi connectivity index (χ3v) is 9.59. The first-order valence-corrected chi connectivity index (χ1v) is 12.0. The minimum atomic E-state index is 0.383. The smallest absolute Gasteiger partial charge is 0.132 e. The van der Waals surface area contributed by atoms with Crippen molar-refractivity contribution in [2.75, 3.05) is 26.2 Å². The van der Waals surface area contributed by atoms with Crippen molar-refractivity contribution in [2.45, 2.75) is 96.6 Å². The van der Waals surface area contributed by atoms with Gasteiger partial charge in [0.15, 0.2) is 0 Å². The number of rotatable bonds is 4. The molecule has 2 heterocycles. The molecule has 27 heavy (non-hydrogen) atoms. The van der Waals surface area contributed by atoms with Crippen LogP contribution in [0.1, 0.15) is 84.5 Å². The third-order valence-electron chi connectivity index (χ3n) is 9.59. The molecule has 3 heteroatoms. The van der Waals surface area contributed by atoms with Crippen LogP contribution >= 0.6 is 0 Å². The number of Topliss-reactive ketones (excluding diaryl/α,β-unsaturated/α-hetero) is 1. The highest BCUT2D eigenvalue weighted by atomic mass is 16.1. The Kier molecular flexibility index (Phi) is 4.71. The van der Waals surface area contributed by atoms with E-state index < -0.39 is 0 Å². The van der Waals surface area contributed by atoms with Crippen LogP contribution in [0.3, 0.4) is 0 Å². The molecule has 5 aliphatic rings. The van der Waals surface area contributed by atoms with Gasteiger partial charge in [0.2, 0.25) is 0 Å². The maximum absolute atomic E-state index is 11.6.